The van der Waals surface area contributed by atoms with Crippen molar-refractivity contribution in [3.05, 3.63) is 85.1 Å². The molecule has 5 heterocycles. The highest BCUT2D eigenvalue weighted by Gasteiger charge is 2.29. The summed E-state index contributed by atoms with van der Waals surface area (Å²) in [5, 5.41) is 0. The van der Waals surface area contributed by atoms with Gasteiger partial charge < -0.3 is 13.9 Å². The van der Waals surface area contributed by atoms with E-state index in [4.69, 9.17) is 9.40 Å². The quantitative estimate of drug-likeness (QED) is 0.361. The average molecular weight is 468 g/mol. The molecule has 0 saturated carbocycles. The Hall–Kier alpha value is -3.38. The number of fused-ring (bicyclic) bond motifs is 1. The van der Waals surface area contributed by atoms with Crippen LogP contribution >= 0.6 is 0 Å². The van der Waals surface area contributed by atoms with Gasteiger partial charge in [-0.2, -0.15) is 0 Å². The van der Waals surface area contributed by atoms with Crippen LogP contribution in [0.25, 0.3) is 22.6 Å². The zero-order chi connectivity index (χ0) is 23.6. The molecule has 2 fully saturated rings. The second-order valence-corrected chi connectivity index (χ2v) is 9.90. The molecule has 2 saturated heterocycles. The van der Waals surface area contributed by atoms with Gasteiger partial charge in [-0.3, -0.25) is 9.88 Å². The maximum absolute atomic E-state index is 5.23. The van der Waals surface area contributed by atoms with Gasteiger partial charge in [0.1, 0.15) is 5.69 Å². The lowest BCUT2D eigenvalue weighted by Crippen LogP contribution is -2.40. The minimum absolute atomic E-state index is 0.417. The first-order valence-corrected chi connectivity index (χ1v) is 12.8. The van der Waals surface area contributed by atoms with E-state index < -0.39 is 0 Å². The number of aromatic nitrogens is 3. The molecule has 0 radical (unpaired) electrons. The molecule has 2 aliphatic heterocycles. The molecule has 0 atom stereocenters. The Kier molecular flexibility index (Phi) is 6.13. The number of furan rings is 1. The molecule has 0 aliphatic carbocycles. The van der Waals surface area contributed by atoms with Gasteiger partial charge in [0, 0.05) is 49.1 Å². The molecule has 1 aromatic carbocycles. The van der Waals surface area contributed by atoms with Crippen LogP contribution in [0.1, 0.15) is 37.3 Å². The summed E-state index contributed by atoms with van der Waals surface area (Å²) in [4.78, 5) is 14.7. The Morgan fingerprint density at radius 3 is 2.49 bits per heavy atom. The van der Waals surface area contributed by atoms with E-state index in [1.54, 1.807) is 6.26 Å². The molecule has 6 rings (SSSR count). The molecule has 2 aliphatic rings. The van der Waals surface area contributed by atoms with Crippen LogP contribution in [0.3, 0.4) is 0 Å². The molecule has 35 heavy (non-hydrogen) atoms. The van der Waals surface area contributed by atoms with Gasteiger partial charge in [-0.1, -0.05) is 24.8 Å². The number of piperidine rings is 2. The highest BCUT2D eigenvalue weighted by atomic mass is 16.3. The normalized spacial score (nSPS) is 18.3. The van der Waals surface area contributed by atoms with E-state index in [1.807, 2.05) is 24.6 Å². The molecule has 0 bridgehead atoms. The number of rotatable bonds is 6. The van der Waals surface area contributed by atoms with Gasteiger partial charge in [-0.05, 0) is 69.1 Å². The summed E-state index contributed by atoms with van der Waals surface area (Å²) in [5.74, 6) is 1.57. The predicted octanol–water partition coefficient (Wildman–Crippen LogP) is 5.75. The van der Waals surface area contributed by atoms with Crippen molar-refractivity contribution in [1.29, 1.82) is 0 Å². The standard InChI is InChI=1S/C29H33N5O/c1-22(24-9-15-32(16-10-24)20-23-13-19-35-21-23)33-17-11-25(12-18-33)34-28-8-3-2-6-26(28)31-29(34)27-7-4-5-14-30-27/h2-8,13-14,19,21,24-25H,1,9-12,15-18,20H2. The molecule has 3 aromatic heterocycles. The monoisotopic (exact) mass is 467 g/mol. The summed E-state index contributed by atoms with van der Waals surface area (Å²) in [6.45, 7) is 9.90. The number of benzene rings is 1. The van der Waals surface area contributed by atoms with E-state index in [2.05, 4.69) is 62.3 Å². The number of allylic oxidation sites excluding steroid dienone is 1. The first-order chi connectivity index (χ1) is 17.3. The van der Waals surface area contributed by atoms with Gasteiger partial charge in [-0.15, -0.1) is 0 Å². The maximum atomic E-state index is 5.23. The molecule has 6 nitrogen and oxygen atoms in total. The van der Waals surface area contributed by atoms with E-state index in [0.717, 1.165) is 62.6 Å². The van der Waals surface area contributed by atoms with Crippen LogP contribution in [0.5, 0.6) is 0 Å². The molecule has 6 heteroatoms. The zero-order valence-corrected chi connectivity index (χ0v) is 20.2. The molecule has 0 amide bonds. The minimum Gasteiger partial charge on any atom is -0.472 e. The van der Waals surface area contributed by atoms with Gasteiger partial charge in [0.15, 0.2) is 5.82 Å². The predicted molar refractivity (Wildman–Crippen MR) is 139 cm³/mol. The Morgan fingerprint density at radius 2 is 1.74 bits per heavy atom. The third-order valence-electron chi connectivity index (χ3n) is 7.77. The van der Waals surface area contributed by atoms with E-state index in [1.165, 1.54) is 29.6 Å². The molecule has 0 N–H and O–H groups in total. The number of nitrogens with zero attached hydrogens (tertiary/aromatic N) is 5. The second-order valence-electron chi connectivity index (χ2n) is 9.90. The van der Waals surface area contributed by atoms with Gasteiger partial charge in [0.05, 0.1) is 23.6 Å². The number of imidazole rings is 1. The van der Waals surface area contributed by atoms with Crippen molar-refractivity contribution in [2.45, 2.75) is 38.3 Å². The van der Waals surface area contributed by atoms with Crippen LogP contribution in [-0.2, 0) is 6.54 Å². The lowest BCUT2D eigenvalue weighted by atomic mass is 9.91. The van der Waals surface area contributed by atoms with Crippen molar-refractivity contribution in [3.8, 4) is 11.5 Å². The van der Waals surface area contributed by atoms with Crippen LogP contribution in [-0.4, -0.2) is 50.5 Å². The smallest absolute Gasteiger partial charge is 0.160 e. The third kappa shape index (κ3) is 4.50. The molecule has 0 spiro atoms. The van der Waals surface area contributed by atoms with Crippen molar-refractivity contribution in [3.63, 3.8) is 0 Å². The Balaban J connectivity index is 1.12. The van der Waals surface area contributed by atoms with Gasteiger partial charge >= 0.3 is 0 Å². The SMILES string of the molecule is C=C(C1CCN(Cc2ccoc2)CC1)N1CCC(n2c(-c3ccccn3)nc3ccccc32)CC1. The molecule has 4 aromatic rings. The largest absolute Gasteiger partial charge is 0.472 e. The van der Waals surface area contributed by atoms with Crippen LogP contribution in [0.2, 0.25) is 0 Å². The van der Waals surface area contributed by atoms with Crippen LogP contribution in [0.4, 0.5) is 0 Å². The topological polar surface area (TPSA) is 50.3 Å². The van der Waals surface area contributed by atoms with Gasteiger partial charge in [0.25, 0.3) is 0 Å². The lowest BCUT2D eigenvalue weighted by molar-refractivity contribution is 0.155. The number of hydrogen-bond donors (Lipinski definition) is 0. The van der Waals surface area contributed by atoms with E-state index in [-0.39, 0.29) is 0 Å². The number of para-hydroxylation sites is 2. The first kappa shape index (κ1) is 22.1. The number of likely N-dealkylation sites (tertiary alicyclic amines) is 2. The fraction of sp³-hybridized carbons (Fsp3) is 0.379. The minimum atomic E-state index is 0.417. The summed E-state index contributed by atoms with van der Waals surface area (Å²) in [7, 11) is 0. The Bertz CT molecular complexity index is 1260. The van der Waals surface area contributed by atoms with Crippen LogP contribution < -0.4 is 0 Å². The third-order valence-corrected chi connectivity index (χ3v) is 7.77. The number of pyridine rings is 1. The van der Waals surface area contributed by atoms with Crippen molar-refractivity contribution >= 4 is 11.0 Å². The highest BCUT2D eigenvalue weighted by molar-refractivity contribution is 5.80. The second kappa shape index (κ2) is 9.70. The molecular weight excluding hydrogens is 434 g/mol. The van der Waals surface area contributed by atoms with Gasteiger partial charge in [-0.25, -0.2) is 4.98 Å². The summed E-state index contributed by atoms with van der Waals surface area (Å²) in [5.41, 5.74) is 5.80. The summed E-state index contributed by atoms with van der Waals surface area (Å²) >= 11 is 0. The molecular formula is C29H33N5O. The lowest BCUT2D eigenvalue weighted by Gasteiger charge is -2.41. The van der Waals surface area contributed by atoms with Gasteiger partial charge in [0.2, 0.25) is 0 Å². The van der Waals surface area contributed by atoms with Crippen molar-refractivity contribution in [1.82, 2.24) is 24.3 Å². The van der Waals surface area contributed by atoms with Crippen molar-refractivity contribution in [2.75, 3.05) is 26.2 Å². The first-order valence-electron chi connectivity index (χ1n) is 12.8. The Morgan fingerprint density at radius 1 is 0.943 bits per heavy atom. The maximum Gasteiger partial charge on any atom is 0.160 e. The zero-order valence-electron chi connectivity index (χ0n) is 20.2. The van der Waals surface area contributed by atoms with Crippen LogP contribution in [0, 0.1) is 5.92 Å². The van der Waals surface area contributed by atoms with Crippen LogP contribution in [0.15, 0.2) is 83.9 Å². The highest BCUT2D eigenvalue weighted by Crippen LogP contribution is 2.35. The fourth-order valence-corrected chi connectivity index (χ4v) is 5.82. The molecule has 180 valence electrons. The van der Waals surface area contributed by atoms with E-state index in [9.17, 15) is 0 Å². The van der Waals surface area contributed by atoms with Crippen molar-refractivity contribution < 1.29 is 4.42 Å². The fourth-order valence-electron chi connectivity index (χ4n) is 5.82. The average Bonchev–Trinajstić information content (AvgIpc) is 3.57. The number of hydrogen-bond acceptors (Lipinski definition) is 5. The Labute approximate surface area is 206 Å². The summed E-state index contributed by atoms with van der Waals surface area (Å²) in [6, 6.07) is 17.0. The van der Waals surface area contributed by atoms with E-state index in [0.29, 0.717) is 12.0 Å². The molecule has 0 unspecified atom stereocenters. The van der Waals surface area contributed by atoms with E-state index >= 15 is 0 Å². The summed E-state index contributed by atoms with van der Waals surface area (Å²) < 4.78 is 7.67. The van der Waals surface area contributed by atoms with Crippen molar-refractivity contribution in [2.24, 2.45) is 5.92 Å². The summed E-state index contributed by atoms with van der Waals surface area (Å²) in [6.07, 6.45) is 10.0.